The second-order valence-electron chi connectivity index (χ2n) is 2.24. The Bertz CT molecular complexity index is 296. The van der Waals surface area contributed by atoms with Crippen LogP contribution in [0.4, 0.5) is 0 Å². The lowest BCUT2D eigenvalue weighted by molar-refractivity contribution is 0.0687. The number of carboxylic acid groups (broad SMARTS) is 1. The molecule has 0 aromatic carbocycles. The molecule has 0 aliphatic heterocycles. The van der Waals surface area contributed by atoms with E-state index in [4.69, 9.17) is 5.11 Å². The zero-order chi connectivity index (χ0) is 9.14. The van der Waals surface area contributed by atoms with Gasteiger partial charge in [-0.25, -0.2) is 9.78 Å². The monoisotopic (exact) mass is 186 g/mol. The number of nitrogens with one attached hydrogen (secondary N) is 1. The Morgan fingerprint density at radius 2 is 2.42 bits per heavy atom. The van der Waals surface area contributed by atoms with Gasteiger partial charge in [-0.15, -0.1) is 11.8 Å². The van der Waals surface area contributed by atoms with Crippen molar-refractivity contribution in [2.75, 3.05) is 5.75 Å². The van der Waals surface area contributed by atoms with Crippen LogP contribution in [0.3, 0.4) is 0 Å². The van der Waals surface area contributed by atoms with Crippen LogP contribution in [-0.4, -0.2) is 26.8 Å². The third kappa shape index (κ3) is 1.79. The summed E-state index contributed by atoms with van der Waals surface area (Å²) in [6.07, 6.45) is 0. The van der Waals surface area contributed by atoms with Gasteiger partial charge in [-0.05, 0) is 12.7 Å². The molecule has 1 aromatic rings. The number of thioether (sulfide) groups is 1. The van der Waals surface area contributed by atoms with Crippen molar-refractivity contribution in [2.24, 2.45) is 0 Å². The molecule has 0 atom stereocenters. The molecule has 1 aromatic heterocycles. The van der Waals surface area contributed by atoms with Gasteiger partial charge in [0.25, 0.3) is 0 Å². The summed E-state index contributed by atoms with van der Waals surface area (Å²) in [5, 5.41) is 9.29. The van der Waals surface area contributed by atoms with Crippen molar-refractivity contribution in [3.8, 4) is 0 Å². The van der Waals surface area contributed by atoms with E-state index >= 15 is 0 Å². The molecule has 1 heterocycles. The SMILES string of the molecule is CCSc1nc(C)[nH]c1C(=O)O. The molecule has 0 spiro atoms. The number of aromatic carboxylic acids is 1. The first-order valence-corrected chi connectivity index (χ1v) is 4.56. The number of rotatable bonds is 3. The maximum absolute atomic E-state index is 10.6. The van der Waals surface area contributed by atoms with Crippen molar-refractivity contribution < 1.29 is 9.90 Å². The van der Waals surface area contributed by atoms with E-state index in [1.54, 1.807) is 6.92 Å². The minimum absolute atomic E-state index is 0.194. The van der Waals surface area contributed by atoms with Crippen molar-refractivity contribution in [1.82, 2.24) is 9.97 Å². The standard InChI is InChI=1S/C7H10N2O2S/c1-3-12-6-5(7(10)11)8-4(2)9-6/h3H2,1-2H3,(H,8,9)(H,10,11). The molecule has 12 heavy (non-hydrogen) atoms. The summed E-state index contributed by atoms with van der Waals surface area (Å²) in [7, 11) is 0. The maximum Gasteiger partial charge on any atom is 0.355 e. The van der Waals surface area contributed by atoms with Gasteiger partial charge >= 0.3 is 5.97 Å². The topological polar surface area (TPSA) is 66.0 Å². The van der Waals surface area contributed by atoms with Gasteiger partial charge in [0.15, 0.2) is 5.69 Å². The van der Waals surface area contributed by atoms with Crippen LogP contribution in [0.5, 0.6) is 0 Å². The van der Waals surface area contributed by atoms with Crippen LogP contribution in [0.2, 0.25) is 0 Å². The molecule has 0 aliphatic rings. The lowest BCUT2D eigenvalue weighted by atomic mass is 10.5. The maximum atomic E-state index is 10.6. The molecule has 0 amide bonds. The first-order valence-electron chi connectivity index (χ1n) is 3.57. The zero-order valence-electron chi connectivity index (χ0n) is 6.92. The van der Waals surface area contributed by atoms with Crippen LogP contribution in [0.15, 0.2) is 5.03 Å². The molecular weight excluding hydrogens is 176 g/mol. The Hall–Kier alpha value is -0.970. The third-order valence-electron chi connectivity index (χ3n) is 1.28. The molecule has 0 bridgehead atoms. The van der Waals surface area contributed by atoms with Gasteiger partial charge in [-0.2, -0.15) is 0 Å². The van der Waals surface area contributed by atoms with E-state index in [1.807, 2.05) is 6.92 Å². The van der Waals surface area contributed by atoms with E-state index in [2.05, 4.69) is 9.97 Å². The van der Waals surface area contributed by atoms with E-state index < -0.39 is 5.97 Å². The van der Waals surface area contributed by atoms with Crippen molar-refractivity contribution >= 4 is 17.7 Å². The number of nitrogens with zero attached hydrogens (tertiary/aromatic N) is 1. The fourth-order valence-electron chi connectivity index (χ4n) is 0.857. The van der Waals surface area contributed by atoms with Gasteiger partial charge in [0.2, 0.25) is 0 Å². The zero-order valence-corrected chi connectivity index (χ0v) is 7.73. The summed E-state index contributed by atoms with van der Waals surface area (Å²) in [6, 6.07) is 0. The minimum atomic E-state index is -0.952. The second kappa shape index (κ2) is 3.62. The molecule has 5 heteroatoms. The van der Waals surface area contributed by atoms with Gasteiger partial charge in [0, 0.05) is 0 Å². The highest BCUT2D eigenvalue weighted by molar-refractivity contribution is 7.99. The molecule has 4 nitrogen and oxygen atoms in total. The summed E-state index contributed by atoms with van der Waals surface area (Å²) in [5.41, 5.74) is 0.194. The van der Waals surface area contributed by atoms with Gasteiger partial charge in [0.1, 0.15) is 10.9 Å². The predicted octanol–water partition coefficient (Wildman–Crippen LogP) is 1.53. The highest BCUT2D eigenvalue weighted by Gasteiger charge is 2.13. The molecule has 0 radical (unpaired) electrons. The third-order valence-corrected chi connectivity index (χ3v) is 2.14. The average molecular weight is 186 g/mol. The Morgan fingerprint density at radius 1 is 1.75 bits per heavy atom. The number of imidazole rings is 1. The number of carboxylic acids is 1. The van der Waals surface area contributed by atoms with Crippen molar-refractivity contribution in [2.45, 2.75) is 18.9 Å². The van der Waals surface area contributed by atoms with Crippen LogP contribution >= 0.6 is 11.8 Å². The summed E-state index contributed by atoms with van der Waals surface area (Å²) in [5.74, 6) is 0.514. The molecule has 0 fully saturated rings. The number of aromatic amines is 1. The summed E-state index contributed by atoms with van der Waals surface area (Å²) >= 11 is 1.43. The normalized spacial score (nSPS) is 10.2. The fraction of sp³-hybridized carbons (Fsp3) is 0.429. The number of carbonyl (C=O) groups is 1. The van der Waals surface area contributed by atoms with E-state index in [0.29, 0.717) is 10.9 Å². The van der Waals surface area contributed by atoms with Gasteiger partial charge in [-0.1, -0.05) is 6.92 Å². The Labute approximate surface area is 74.4 Å². The Morgan fingerprint density at radius 3 is 2.92 bits per heavy atom. The van der Waals surface area contributed by atoms with E-state index in [9.17, 15) is 4.79 Å². The smallest absolute Gasteiger partial charge is 0.355 e. The number of hydrogen-bond donors (Lipinski definition) is 2. The molecule has 0 unspecified atom stereocenters. The predicted molar refractivity (Wildman–Crippen MR) is 46.7 cm³/mol. The minimum Gasteiger partial charge on any atom is -0.476 e. The molecule has 1 rings (SSSR count). The van der Waals surface area contributed by atoms with E-state index in [0.717, 1.165) is 5.75 Å². The van der Waals surface area contributed by atoms with Crippen LogP contribution in [0.1, 0.15) is 23.2 Å². The highest BCUT2D eigenvalue weighted by atomic mass is 32.2. The molecule has 66 valence electrons. The van der Waals surface area contributed by atoms with Crippen molar-refractivity contribution in [3.63, 3.8) is 0 Å². The average Bonchev–Trinajstić information content (AvgIpc) is 2.32. The first-order chi connectivity index (χ1) is 5.65. The molecule has 0 aliphatic carbocycles. The summed E-state index contributed by atoms with van der Waals surface area (Å²) < 4.78 is 0. The highest BCUT2D eigenvalue weighted by Crippen LogP contribution is 2.19. The summed E-state index contributed by atoms with van der Waals surface area (Å²) in [6.45, 7) is 3.70. The quantitative estimate of drug-likeness (QED) is 0.702. The summed E-state index contributed by atoms with van der Waals surface area (Å²) in [4.78, 5) is 17.4. The van der Waals surface area contributed by atoms with Crippen molar-refractivity contribution in [1.29, 1.82) is 0 Å². The van der Waals surface area contributed by atoms with Crippen LogP contribution in [0.25, 0.3) is 0 Å². The Balaban J connectivity index is 2.99. The first kappa shape index (κ1) is 9.12. The van der Waals surface area contributed by atoms with Crippen molar-refractivity contribution in [3.05, 3.63) is 11.5 Å². The number of aryl methyl sites for hydroxylation is 1. The Kier molecular flexibility index (Phi) is 2.75. The lowest BCUT2D eigenvalue weighted by Crippen LogP contribution is -1.98. The number of hydrogen-bond acceptors (Lipinski definition) is 3. The van der Waals surface area contributed by atoms with E-state index in [-0.39, 0.29) is 5.69 Å². The second-order valence-corrected chi connectivity index (χ2v) is 3.49. The molecule has 0 saturated heterocycles. The number of H-pyrrole nitrogens is 1. The molecule has 0 saturated carbocycles. The number of aromatic nitrogens is 2. The molecule has 2 N–H and O–H groups in total. The fourth-order valence-corrected chi connectivity index (χ4v) is 1.61. The lowest BCUT2D eigenvalue weighted by Gasteiger charge is -1.92. The van der Waals surface area contributed by atoms with E-state index in [1.165, 1.54) is 11.8 Å². The van der Waals surface area contributed by atoms with Crippen LogP contribution < -0.4 is 0 Å². The molecular formula is C7H10N2O2S. The van der Waals surface area contributed by atoms with Gasteiger partial charge in [-0.3, -0.25) is 0 Å². The van der Waals surface area contributed by atoms with Gasteiger partial charge < -0.3 is 10.1 Å². The van der Waals surface area contributed by atoms with Crippen LogP contribution in [0, 0.1) is 6.92 Å². The largest absolute Gasteiger partial charge is 0.476 e. The van der Waals surface area contributed by atoms with Crippen LogP contribution in [-0.2, 0) is 0 Å². The van der Waals surface area contributed by atoms with Gasteiger partial charge in [0.05, 0.1) is 0 Å².